The Balaban J connectivity index is 2.51. The van der Waals surface area contributed by atoms with E-state index in [1.165, 1.54) is 0 Å². The minimum absolute atomic E-state index is 0.00732. The van der Waals surface area contributed by atoms with Gasteiger partial charge in [0.1, 0.15) is 17.7 Å². The van der Waals surface area contributed by atoms with Crippen molar-refractivity contribution in [2.24, 2.45) is 10.9 Å². The van der Waals surface area contributed by atoms with Crippen LogP contribution in [0.15, 0.2) is 35.1 Å². The minimum atomic E-state index is 0.00732. The van der Waals surface area contributed by atoms with Gasteiger partial charge in [0, 0.05) is 18.3 Å². The average molecular weight is 289 g/mol. The second-order valence-corrected chi connectivity index (χ2v) is 5.83. The molecule has 1 aromatic heterocycles. The summed E-state index contributed by atoms with van der Waals surface area (Å²) in [6.45, 7) is 9.27. The molecule has 0 spiro atoms. The average Bonchev–Trinajstić information content (AvgIpc) is 3.07. The van der Waals surface area contributed by atoms with Crippen molar-refractivity contribution in [2.75, 3.05) is 6.54 Å². The molecule has 1 aliphatic rings. The van der Waals surface area contributed by atoms with Gasteiger partial charge in [0.15, 0.2) is 0 Å². The maximum Gasteiger partial charge on any atom is 0.439 e. The fourth-order valence-electron chi connectivity index (χ4n) is 3.11. The van der Waals surface area contributed by atoms with Crippen molar-refractivity contribution in [1.29, 1.82) is 0 Å². The van der Waals surface area contributed by atoms with Crippen LogP contribution in [-0.4, -0.2) is 32.9 Å². The van der Waals surface area contributed by atoms with E-state index in [1.54, 1.807) is 23.3 Å². The normalized spacial score (nSPS) is 21.6. The van der Waals surface area contributed by atoms with E-state index < -0.39 is 0 Å². The monoisotopic (exact) mass is 289 g/mol. The number of rotatable bonds is 5. The van der Waals surface area contributed by atoms with Crippen LogP contribution >= 0.6 is 0 Å². The lowest BCUT2D eigenvalue weighted by Gasteiger charge is -2.31. The summed E-state index contributed by atoms with van der Waals surface area (Å²) >= 11 is 0. The van der Waals surface area contributed by atoms with Crippen molar-refractivity contribution in [1.82, 2.24) is 9.55 Å². The molecular weight excluding hydrogens is 264 g/mol. The summed E-state index contributed by atoms with van der Waals surface area (Å²) in [6.07, 6.45) is 9.62. The van der Waals surface area contributed by atoms with Gasteiger partial charge in [0.2, 0.25) is 6.34 Å². The molecule has 0 radical (unpaired) electrons. The lowest BCUT2D eigenvalue weighted by atomic mass is 10.0. The van der Waals surface area contributed by atoms with Gasteiger partial charge in [-0.25, -0.2) is 19.3 Å². The molecule has 2 rings (SSSR count). The van der Waals surface area contributed by atoms with Crippen LogP contribution < -0.4 is 0 Å². The minimum Gasteiger partial charge on any atom is -0.245 e. The van der Waals surface area contributed by atoms with Crippen LogP contribution in [0.3, 0.4) is 0 Å². The highest BCUT2D eigenvalue weighted by molar-refractivity contribution is 5.81. The first-order valence-corrected chi connectivity index (χ1v) is 7.76. The number of carbonyl (C=O) groups is 1. The van der Waals surface area contributed by atoms with Crippen molar-refractivity contribution in [3.8, 4) is 0 Å². The van der Waals surface area contributed by atoms with Crippen LogP contribution in [0.4, 0.5) is 4.79 Å². The standard InChI is InChI=1S/C16H25N4O/c1-5-7-14-15(13(3)4)20(10-6-2,12-18-14)16(21)19-9-8-17-11-19/h8-9,11-13H,5-7,10H2,1-4H3/q+1. The predicted molar refractivity (Wildman–Crippen MR) is 83.7 cm³/mol. The van der Waals surface area contributed by atoms with Crippen molar-refractivity contribution < 1.29 is 9.28 Å². The van der Waals surface area contributed by atoms with Crippen molar-refractivity contribution >= 4 is 12.4 Å². The number of imidazole rings is 1. The second-order valence-electron chi connectivity index (χ2n) is 5.83. The van der Waals surface area contributed by atoms with Gasteiger partial charge in [0.05, 0.1) is 6.54 Å². The maximum atomic E-state index is 13.1. The van der Waals surface area contributed by atoms with Gasteiger partial charge in [-0.15, -0.1) is 0 Å². The summed E-state index contributed by atoms with van der Waals surface area (Å²) in [6, 6.07) is 0.00732. The Morgan fingerprint density at radius 2 is 2.10 bits per heavy atom. The van der Waals surface area contributed by atoms with Crippen LogP contribution in [0.1, 0.15) is 47.0 Å². The predicted octanol–water partition coefficient (Wildman–Crippen LogP) is 3.79. The van der Waals surface area contributed by atoms with Crippen LogP contribution in [0.25, 0.3) is 0 Å². The van der Waals surface area contributed by atoms with Gasteiger partial charge in [-0.05, 0) is 12.8 Å². The number of hydrogen-bond acceptors (Lipinski definition) is 3. The van der Waals surface area contributed by atoms with Crippen LogP contribution in [-0.2, 0) is 0 Å². The number of aromatic nitrogens is 2. The summed E-state index contributed by atoms with van der Waals surface area (Å²) < 4.78 is 1.78. The molecule has 21 heavy (non-hydrogen) atoms. The highest BCUT2D eigenvalue weighted by atomic mass is 16.2. The molecule has 0 aliphatic carbocycles. The molecule has 1 amide bonds. The first-order chi connectivity index (χ1) is 10.1. The van der Waals surface area contributed by atoms with E-state index in [4.69, 9.17) is 0 Å². The Bertz CT molecular complexity index is 557. The van der Waals surface area contributed by atoms with Gasteiger partial charge in [-0.1, -0.05) is 34.1 Å². The van der Waals surface area contributed by atoms with Gasteiger partial charge >= 0.3 is 6.03 Å². The number of amides is 1. The maximum absolute atomic E-state index is 13.1. The zero-order valence-electron chi connectivity index (χ0n) is 13.4. The van der Waals surface area contributed by atoms with E-state index in [2.05, 4.69) is 37.7 Å². The SMILES string of the molecule is CCCC1=C(C(C)C)[N+](CCC)(C(=O)n2ccnc2)C=N1. The largest absolute Gasteiger partial charge is 0.439 e. The Morgan fingerprint density at radius 3 is 2.62 bits per heavy atom. The Morgan fingerprint density at radius 1 is 1.33 bits per heavy atom. The van der Waals surface area contributed by atoms with Crippen LogP contribution in [0.2, 0.25) is 0 Å². The highest BCUT2D eigenvalue weighted by Gasteiger charge is 2.46. The van der Waals surface area contributed by atoms with Crippen molar-refractivity contribution in [2.45, 2.75) is 47.0 Å². The molecule has 0 saturated carbocycles. The molecule has 0 N–H and O–H groups in total. The fourth-order valence-corrected chi connectivity index (χ4v) is 3.11. The number of allylic oxidation sites excluding steroid dienone is 2. The fraction of sp³-hybridized carbons (Fsp3) is 0.562. The number of quaternary nitrogens is 1. The third-order valence-electron chi connectivity index (χ3n) is 3.81. The second kappa shape index (κ2) is 6.35. The van der Waals surface area contributed by atoms with Crippen LogP contribution in [0.5, 0.6) is 0 Å². The molecule has 0 bridgehead atoms. The van der Waals surface area contributed by atoms with E-state index in [9.17, 15) is 4.79 Å². The number of carbonyl (C=O) groups excluding carboxylic acids is 1. The van der Waals surface area contributed by atoms with Gasteiger partial charge in [-0.3, -0.25) is 0 Å². The molecule has 1 atom stereocenters. The van der Waals surface area contributed by atoms with Gasteiger partial charge in [0.25, 0.3) is 0 Å². The first-order valence-electron chi connectivity index (χ1n) is 7.76. The Labute approximate surface area is 126 Å². The molecule has 1 aliphatic heterocycles. The van der Waals surface area contributed by atoms with Gasteiger partial charge < -0.3 is 0 Å². The van der Waals surface area contributed by atoms with E-state index in [1.807, 2.05) is 6.34 Å². The summed E-state index contributed by atoms with van der Waals surface area (Å²) in [5, 5.41) is 0. The third-order valence-corrected chi connectivity index (χ3v) is 3.81. The summed E-state index contributed by atoms with van der Waals surface area (Å²) in [7, 11) is 0. The topological polar surface area (TPSA) is 47.2 Å². The number of hydrogen-bond donors (Lipinski definition) is 0. The molecule has 1 unspecified atom stereocenters. The summed E-state index contributed by atoms with van der Waals surface area (Å²) in [4.78, 5) is 21.7. The summed E-state index contributed by atoms with van der Waals surface area (Å²) in [5.41, 5.74) is 2.21. The van der Waals surface area contributed by atoms with Crippen molar-refractivity contribution in [3.63, 3.8) is 0 Å². The van der Waals surface area contributed by atoms with E-state index >= 15 is 0 Å². The summed E-state index contributed by atoms with van der Waals surface area (Å²) in [5.74, 6) is 0.285. The van der Waals surface area contributed by atoms with Crippen molar-refractivity contribution in [3.05, 3.63) is 30.1 Å². The molecule has 0 fully saturated rings. The first kappa shape index (κ1) is 15.6. The lowest BCUT2D eigenvalue weighted by Crippen LogP contribution is -2.53. The quantitative estimate of drug-likeness (QED) is 0.774. The zero-order chi connectivity index (χ0) is 15.5. The zero-order valence-corrected chi connectivity index (χ0v) is 13.4. The molecule has 0 aromatic carbocycles. The number of aliphatic imine (C=N–C) groups is 1. The molecule has 0 saturated heterocycles. The smallest absolute Gasteiger partial charge is 0.245 e. The molecule has 114 valence electrons. The number of nitrogens with zero attached hydrogens (tertiary/aromatic N) is 4. The Hall–Kier alpha value is -1.75. The molecule has 2 heterocycles. The van der Waals surface area contributed by atoms with E-state index in [-0.39, 0.29) is 16.4 Å². The molecular formula is C16H25N4O+. The van der Waals surface area contributed by atoms with Crippen LogP contribution in [0, 0.1) is 5.92 Å². The molecule has 1 aromatic rings. The van der Waals surface area contributed by atoms with E-state index in [0.29, 0.717) is 0 Å². The third kappa shape index (κ3) is 2.70. The lowest BCUT2D eigenvalue weighted by molar-refractivity contribution is -0.711. The molecule has 5 heteroatoms. The Kier molecular flexibility index (Phi) is 4.73. The van der Waals surface area contributed by atoms with Gasteiger partial charge in [-0.2, -0.15) is 4.48 Å². The molecule has 5 nitrogen and oxygen atoms in total. The highest BCUT2D eigenvalue weighted by Crippen LogP contribution is 2.35. The van der Waals surface area contributed by atoms with E-state index in [0.717, 1.165) is 37.2 Å².